The Morgan fingerprint density at radius 1 is 0.911 bits per heavy atom. The van der Waals surface area contributed by atoms with Crippen LogP contribution in [0.25, 0.3) is 0 Å². The first-order valence-electron chi connectivity index (χ1n) is 15.0. The lowest BCUT2D eigenvalue weighted by Gasteiger charge is -2.32. The molecule has 45 heavy (non-hydrogen) atoms. The molecule has 3 atom stereocenters. The molecule has 0 aromatic heterocycles. The molecule has 0 aliphatic heterocycles. The smallest absolute Gasteiger partial charge is 0.476 e. The first-order chi connectivity index (χ1) is 21.1. The maximum absolute atomic E-state index is 12.9. The number of ether oxygens (including phenoxy) is 5. The molecule has 1 aliphatic carbocycles. The van der Waals surface area contributed by atoms with Gasteiger partial charge in [-0.15, -0.1) is 0 Å². The van der Waals surface area contributed by atoms with Crippen molar-refractivity contribution in [1.82, 2.24) is 10.6 Å². The van der Waals surface area contributed by atoms with Gasteiger partial charge in [0.2, 0.25) is 6.29 Å². The van der Waals surface area contributed by atoms with Crippen LogP contribution in [0.3, 0.4) is 0 Å². The normalized spacial score (nSPS) is 17.3. The lowest BCUT2D eigenvalue weighted by Crippen LogP contribution is -2.48. The van der Waals surface area contributed by atoms with E-state index in [1.165, 1.54) is 20.8 Å². The number of amides is 2. The van der Waals surface area contributed by atoms with Crippen molar-refractivity contribution in [1.29, 1.82) is 0 Å². The topological polar surface area (TPSA) is 138 Å². The molecular weight excluding hydrogens is 604 g/mol. The van der Waals surface area contributed by atoms with Gasteiger partial charge < -0.3 is 34.3 Å². The van der Waals surface area contributed by atoms with E-state index in [1.807, 2.05) is 12.1 Å². The van der Waals surface area contributed by atoms with Gasteiger partial charge in [0.15, 0.2) is 5.60 Å². The largest absolute Gasteiger partial charge is 0.511 e. The summed E-state index contributed by atoms with van der Waals surface area (Å²) in [6.45, 7) is 10.2. The van der Waals surface area contributed by atoms with Crippen molar-refractivity contribution < 1.29 is 42.9 Å². The van der Waals surface area contributed by atoms with Crippen molar-refractivity contribution >= 4 is 35.7 Å². The Morgan fingerprint density at radius 3 is 2.20 bits per heavy atom. The SMILES string of the molecule is CC(OC(=O)O[C@@H]1CCCC[C@H]1NC(=O)OC(C)(C)C)OC(=O)C(C)(C)Oc1ccc(CCNC(=O)c2ccc(Cl)cc2)cc1. The number of benzene rings is 2. The number of hydrogen-bond donors (Lipinski definition) is 2. The summed E-state index contributed by atoms with van der Waals surface area (Å²) in [7, 11) is 0. The molecule has 3 rings (SSSR count). The number of carbonyl (C=O) groups excluding carboxylic acids is 4. The molecule has 2 N–H and O–H groups in total. The molecule has 1 fully saturated rings. The third kappa shape index (κ3) is 12.1. The second-order valence-corrected chi connectivity index (χ2v) is 12.7. The van der Waals surface area contributed by atoms with Gasteiger partial charge in [0.1, 0.15) is 17.5 Å². The maximum Gasteiger partial charge on any atom is 0.511 e. The molecule has 0 saturated heterocycles. The molecule has 2 aromatic rings. The third-order valence-corrected chi connectivity index (χ3v) is 7.03. The summed E-state index contributed by atoms with van der Waals surface area (Å²) in [5.41, 5.74) is -0.574. The van der Waals surface area contributed by atoms with E-state index < -0.39 is 47.9 Å². The zero-order valence-electron chi connectivity index (χ0n) is 26.6. The number of carbonyl (C=O) groups is 4. The van der Waals surface area contributed by atoms with Crippen molar-refractivity contribution in [3.63, 3.8) is 0 Å². The summed E-state index contributed by atoms with van der Waals surface area (Å²) in [6, 6.07) is 13.3. The van der Waals surface area contributed by atoms with Crippen LogP contribution >= 0.6 is 11.6 Å². The highest BCUT2D eigenvalue weighted by Crippen LogP contribution is 2.24. The zero-order chi connectivity index (χ0) is 33.2. The lowest BCUT2D eigenvalue weighted by atomic mass is 9.92. The monoisotopic (exact) mass is 646 g/mol. The summed E-state index contributed by atoms with van der Waals surface area (Å²) in [5, 5.41) is 6.20. The van der Waals surface area contributed by atoms with Crippen LogP contribution in [0.1, 0.15) is 83.1 Å². The van der Waals surface area contributed by atoms with Gasteiger partial charge in [-0.1, -0.05) is 30.2 Å². The van der Waals surface area contributed by atoms with Crippen LogP contribution in [0.4, 0.5) is 9.59 Å². The maximum atomic E-state index is 12.9. The third-order valence-electron chi connectivity index (χ3n) is 6.78. The molecule has 12 heteroatoms. The van der Waals surface area contributed by atoms with Crippen molar-refractivity contribution in [2.24, 2.45) is 0 Å². The Bertz CT molecular complexity index is 1310. The van der Waals surface area contributed by atoms with Gasteiger partial charge in [-0.2, -0.15) is 0 Å². The minimum Gasteiger partial charge on any atom is -0.476 e. The van der Waals surface area contributed by atoms with Crippen LogP contribution in [0.2, 0.25) is 5.02 Å². The number of rotatable bonds is 11. The average Bonchev–Trinajstić information content (AvgIpc) is 2.94. The summed E-state index contributed by atoms with van der Waals surface area (Å²) < 4.78 is 27.1. The van der Waals surface area contributed by atoms with E-state index in [0.29, 0.717) is 42.1 Å². The number of esters is 1. The standard InChI is InChI=1S/C33H43ClN2O9/c1-21(42-31(40)43-27-10-8-7-9-26(27)36-30(39)45-32(2,3)4)41-29(38)33(5,6)44-25-17-11-22(12-18-25)19-20-35-28(37)23-13-15-24(34)16-14-23/h11-18,21,26-27H,7-10,19-20H2,1-6H3,(H,35,37)(H,36,39)/t21?,26-,27-/m1/s1. The quantitative estimate of drug-likeness (QED) is 0.162. The second kappa shape index (κ2) is 15.8. The first-order valence-corrected chi connectivity index (χ1v) is 15.4. The molecule has 1 saturated carbocycles. The Balaban J connectivity index is 1.43. The van der Waals surface area contributed by atoms with Gasteiger partial charge in [0.05, 0.1) is 6.04 Å². The Hall–Kier alpha value is -3.99. The molecule has 0 spiro atoms. The number of alkyl carbamates (subject to hydrolysis) is 1. The van der Waals surface area contributed by atoms with E-state index in [4.69, 9.17) is 35.3 Å². The Kier molecular flexibility index (Phi) is 12.5. The van der Waals surface area contributed by atoms with Crippen LogP contribution < -0.4 is 15.4 Å². The van der Waals surface area contributed by atoms with Gasteiger partial charge in [0.25, 0.3) is 5.91 Å². The predicted molar refractivity (Wildman–Crippen MR) is 167 cm³/mol. The van der Waals surface area contributed by atoms with E-state index in [-0.39, 0.29) is 5.91 Å². The molecule has 2 aromatic carbocycles. The summed E-state index contributed by atoms with van der Waals surface area (Å²) in [4.78, 5) is 49.8. The van der Waals surface area contributed by atoms with Gasteiger partial charge in [-0.05, 0) is 102 Å². The van der Waals surface area contributed by atoms with Crippen molar-refractivity contribution in [3.05, 3.63) is 64.7 Å². The average molecular weight is 647 g/mol. The highest BCUT2D eigenvalue weighted by molar-refractivity contribution is 6.30. The van der Waals surface area contributed by atoms with Crippen LogP contribution in [-0.4, -0.2) is 60.3 Å². The molecule has 246 valence electrons. The predicted octanol–water partition coefficient (Wildman–Crippen LogP) is 6.35. The highest BCUT2D eigenvalue weighted by Gasteiger charge is 2.35. The molecular formula is C33H43ClN2O9. The molecule has 0 bridgehead atoms. The van der Waals surface area contributed by atoms with Crippen molar-refractivity contribution in [3.8, 4) is 5.75 Å². The van der Waals surface area contributed by atoms with E-state index in [0.717, 1.165) is 18.4 Å². The fraction of sp³-hybridized carbons (Fsp3) is 0.515. The summed E-state index contributed by atoms with van der Waals surface area (Å²) >= 11 is 5.87. The minimum atomic E-state index is -1.40. The van der Waals surface area contributed by atoms with Crippen LogP contribution in [0, 0.1) is 0 Å². The molecule has 2 amide bonds. The first kappa shape index (κ1) is 35.5. The van der Waals surface area contributed by atoms with Crippen LogP contribution in [-0.2, 0) is 30.2 Å². The summed E-state index contributed by atoms with van der Waals surface area (Å²) in [6.07, 6.45) is -0.0208. The van der Waals surface area contributed by atoms with E-state index in [9.17, 15) is 19.2 Å². The Labute approximate surface area is 269 Å². The number of hydrogen-bond acceptors (Lipinski definition) is 9. The second-order valence-electron chi connectivity index (χ2n) is 12.3. The zero-order valence-corrected chi connectivity index (χ0v) is 27.4. The molecule has 11 nitrogen and oxygen atoms in total. The van der Waals surface area contributed by atoms with Gasteiger partial charge in [-0.3, -0.25) is 4.79 Å². The molecule has 0 radical (unpaired) electrons. The molecule has 1 unspecified atom stereocenters. The fourth-order valence-corrected chi connectivity index (χ4v) is 4.68. The van der Waals surface area contributed by atoms with Crippen LogP contribution in [0.5, 0.6) is 5.75 Å². The fourth-order valence-electron chi connectivity index (χ4n) is 4.55. The highest BCUT2D eigenvalue weighted by atomic mass is 35.5. The van der Waals surface area contributed by atoms with E-state index in [2.05, 4.69) is 10.6 Å². The van der Waals surface area contributed by atoms with Gasteiger partial charge in [-0.25, -0.2) is 14.4 Å². The van der Waals surface area contributed by atoms with Crippen molar-refractivity contribution in [2.75, 3.05) is 6.54 Å². The summed E-state index contributed by atoms with van der Waals surface area (Å²) in [5.74, 6) is -0.509. The number of nitrogens with one attached hydrogen (secondary N) is 2. The van der Waals surface area contributed by atoms with Crippen molar-refractivity contribution in [2.45, 2.75) is 103 Å². The van der Waals surface area contributed by atoms with E-state index >= 15 is 0 Å². The van der Waals surface area contributed by atoms with Gasteiger partial charge in [0, 0.05) is 24.1 Å². The Morgan fingerprint density at radius 2 is 1.56 bits per heavy atom. The van der Waals surface area contributed by atoms with Gasteiger partial charge >= 0.3 is 18.2 Å². The van der Waals surface area contributed by atoms with Crippen LogP contribution in [0.15, 0.2) is 48.5 Å². The molecule has 0 heterocycles. The molecule has 1 aliphatic rings. The minimum absolute atomic E-state index is 0.188. The van der Waals surface area contributed by atoms with E-state index in [1.54, 1.807) is 57.2 Å². The number of halogens is 1. The lowest BCUT2D eigenvalue weighted by molar-refractivity contribution is -0.184.